The number of hydrogen-bond acceptors (Lipinski definition) is 7. The van der Waals surface area contributed by atoms with Crippen molar-refractivity contribution in [2.45, 2.75) is 44.9 Å². The minimum absolute atomic E-state index is 0.0240. The van der Waals surface area contributed by atoms with Gasteiger partial charge in [0.15, 0.2) is 5.78 Å². The molecule has 56 heavy (non-hydrogen) atoms. The van der Waals surface area contributed by atoms with E-state index in [9.17, 15) is 41.9 Å². The van der Waals surface area contributed by atoms with Crippen LogP contribution in [0.15, 0.2) is 115 Å². The van der Waals surface area contributed by atoms with E-state index < -0.39 is 65.6 Å². The van der Waals surface area contributed by atoms with E-state index in [2.05, 4.69) is 10.6 Å². The fraction of sp³-hybridized carbons (Fsp3) is 0.286. The summed E-state index contributed by atoms with van der Waals surface area (Å²) in [5.41, 5.74) is 1.93. The molecule has 2 atom stereocenters. The van der Waals surface area contributed by atoms with Gasteiger partial charge < -0.3 is 15.5 Å². The Balaban J connectivity index is 1.36. The first-order chi connectivity index (χ1) is 26.7. The summed E-state index contributed by atoms with van der Waals surface area (Å²) in [5, 5.41) is 5.37. The Hall–Kier alpha value is -6.15. The highest BCUT2D eigenvalue weighted by molar-refractivity contribution is 6.09. The quantitative estimate of drug-likeness (QED) is 0.147. The molecule has 0 unspecified atom stereocenters. The van der Waals surface area contributed by atoms with Crippen LogP contribution in [-0.4, -0.2) is 89.4 Å². The van der Waals surface area contributed by atoms with Crippen molar-refractivity contribution in [3.63, 3.8) is 0 Å². The molecule has 1 fully saturated rings. The molecule has 2 N–H and O–H groups in total. The lowest BCUT2D eigenvalue weighted by Crippen LogP contribution is -2.69. The molecular formula is C42H42F3N4O7+. The van der Waals surface area contributed by atoms with Crippen molar-refractivity contribution in [2.24, 2.45) is 5.92 Å². The van der Waals surface area contributed by atoms with Crippen LogP contribution >= 0.6 is 0 Å². The molecule has 1 heterocycles. The third-order valence-electron chi connectivity index (χ3n) is 9.34. The second-order valence-electron chi connectivity index (χ2n) is 13.9. The zero-order chi connectivity index (χ0) is 40.5. The average molecular weight is 772 g/mol. The van der Waals surface area contributed by atoms with Crippen LogP contribution in [0.1, 0.15) is 62.5 Å². The third-order valence-corrected chi connectivity index (χ3v) is 9.34. The Morgan fingerprint density at radius 2 is 1.11 bits per heavy atom. The van der Waals surface area contributed by atoms with Gasteiger partial charge >= 0.3 is 18.1 Å². The van der Waals surface area contributed by atoms with E-state index in [1.165, 1.54) is 41.3 Å². The van der Waals surface area contributed by atoms with Gasteiger partial charge in [-0.05, 0) is 42.2 Å². The summed E-state index contributed by atoms with van der Waals surface area (Å²) in [7, 11) is 0. The standard InChI is InChI=1S/C42H41F3N4O7/c1-28(2)26-35(47-37(51)32-16-10-5-11-17-32)40(54)49(56-41(55)42(43,44)45)24-22-48(23-25-49)39(53)34(27-29-12-6-3-7-13-29)46-38(52)33-20-18-31(19-21-33)36(50)30-14-8-4-9-15-30/h3-21,28,34-35H,22-27H2,1-2H3,(H-,46,47,51,52)/p+1/t34-,35-/m0/s1. The van der Waals surface area contributed by atoms with Crippen LogP contribution < -0.4 is 10.6 Å². The number of carbonyl (C=O) groups is 6. The summed E-state index contributed by atoms with van der Waals surface area (Å²) < 4.78 is 39.4. The molecule has 0 aliphatic carbocycles. The van der Waals surface area contributed by atoms with E-state index in [-0.39, 0.29) is 48.8 Å². The summed E-state index contributed by atoms with van der Waals surface area (Å²) in [6.45, 7) is 1.77. The number of hydrogen-bond donors (Lipinski definition) is 2. The van der Waals surface area contributed by atoms with Crippen LogP contribution in [0.25, 0.3) is 0 Å². The molecule has 14 heteroatoms. The predicted octanol–water partition coefficient (Wildman–Crippen LogP) is 5.31. The molecule has 1 aliphatic rings. The molecule has 11 nitrogen and oxygen atoms in total. The number of nitrogens with zero attached hydrogens (tertiary/aromatic N) is 2. The topological polar surface area (TPSA) is 139 Å². The van der Waals surface area contributed by atoms with E-state index >= 15 is 0 Å². The molecule has 0 bridgehead atoms. The van der Waals surface area contributed by atoms with Gasteiger partial charge in [0.1, 0.15) is 25.2 Å². The summed E-state index contributed by atoms with van der Waals surface area (Å²) in [6.07, 6.45) is -5.36. The van der Waals surface area contributed by atoms with Crippen LogP contribution in [-0.2, 0) is 25.6 Å². The van der Waals surface area contributed by atoms with Gasteiger partial charge in [0, 0.05) is 28.7 Å². The maximum Gasteiger partial charge on any atom is 0.497 e. The zero-order valence-corrected chi connectivity index (χ0v) is 30.8. The highest BCUT2D eigenvalue weighted by Crippen LogP contribution is 2.26. The lowest BCUT2D eigenvalue weighted by Gasteiger charge is -2.41. The molecule has 4 aromatic carbocycles. The Morgan fingerprint density at radius 3 is 1.62 bits per heavy atom. The summed E-state index contributed by atoms with van der Waals surface area (Å²) in [6, 6.07) is 28.9. The largest absolute Gasteiger partial charge is 0.497 e. The van der Waals surface area contributed by atoms with Crippen molar-refractivity contribution in [2.75, 3.05) is 26.2 Å². The maximum atomic E-state index is 14.2. The van der Waals surface area contributed by atoms with Crippen molar-refractivity contribution >= 4 is 35.4 Å². The average Bonchev–Trinajstić information content (AvgIpc) is 3.20. The monoisotopic (exact) mass is 771 g/mol. The lowest BCUT2D eigenvalue weighted by atomic mass is 10.0. The number of rotatable bonds is 12. The first kappa shape index (κ1) is 41.0. The Labute approximate surface area is 322 Å². The molecule has 0 radical (unpaired) electrons. The van der Waals surface area contributed by atoms with Crippen molar-refractivity contribution in [3.05, 3.63) is 143 Å². The number of ketones is 1. The number of hydroxylamine groups is 3. The van der Waals surface area contributed by atoms with Crippen LogP contribution in [0, 0.1) is 5.92 Å². The van der Waals surface area contributed by atoms with E-state index in [1.807, 2.05) is 0 Å². The van der Waals surface area contributed by atoms with Crippen LogP contribution in [0.2, 0.25) is 0 Å². The second kappa shape index (κ2) is 18.0. The normalized spacial score (nSPS) is 14.9. The van der Waals surface area contributed by atoms with Crippen LogP contribution in [0.3, 0.4) is 0 Å². The molecular weight excluding hydrogens is 729 g/mol. The van der Waals surface area contributed by atoms with Gasteiger partial charge in [-0.25, -0.2) is 9.59 Å². The molecule has 4 aromatic rings. The number of carbonyl (C=O) groups excluding carboxylic acids is 6. The number of halogens is 3. The minimum Gasteiger partial charge on any atom is -0.340 e. The third kappa shape index (κ3) is 10.3. The predicted molar refractivity (Wildman–Crippen MR) is 199 cm³/mol. The smallest absolute Gasteiger partial charge is 0.340 e. The molecule has 1 saturated heterocycles. The fourth-order valence-corrected chi connectivity index (χ4v) is 6.42. The number of alkyl halides is 3. The number of piperazine rings is 1. The van der Waals surface area contributed by atoms with E-state index in [4.69, 9.17) is 4.84 Å². The van der Waals surface area contributed by atoms with Crippen LogP contribution in [0.4, 0.5) is 13.2 Å². The zero-order valence-electron chi connectivity index (χ0n) is 30.8. The Kier molecular flexibility index (Phi) is 13.2. The molecule has 1 aliphatic heterocycles. The second-order valence-corrected chi connectivity index (χ2v) is 13.9. The van der Waals surface area contributed by atoms with E-state index in [1.54, 1.807) is 92.7 Å². The van der Waals surface area contributed by atoms with E-state index in [0.29, 0.717) is 16.7 Å². The SMILES string of the molecule is CC(C)C[C@H](NC(=O)c1ccccc1)C(=O)[N+]1(OC(=O)C(F)(F)F)CCN(C(=O)[C@H](Cc2ccccc2)NC(=O)c2ccc(C(=O)c3ccccc3)cc2)CC1. The Bertz CT molecular complexity index is 2020. The summed E-state index contributed by atoms with van der Waals surface area (Å²) in [4.78, 5) is 86.4. The highest BCUT2D eigenvalue weighted by Gasteiger charge is 2.55. The molecule has 292 valence electrons. The van der Waals surface area contributed by atoms with Gasteiger partial charge in [-0.1, -0.05) is 109 Å². The van der Waals surface area contributed by atoms with Gasteiger partial charge in [-0.15, -0.1) is 0 Å². The number of amides is 4. The number of quaternary nitrogens is 1. The van der Waals surface area contributed by atoms with E-state index in [0.717, 1.165) is 0 Å². The highest BCUT2D eigenvalue weighted by atomic mass is 19.4. The van der Waals surface area contributed by atoms with Gasteiger partial charge in [0.2, 0.25) is 5.91 Å². The van der Waals surface area contributed by atoms with Crippen molar-refractivity contribution < 1.29 is 51.4 Å². The van der Waals surface area contributed by atoms with Crippen LogP contribution in [0.5, 0.6) is 0 Å². The van der Waals surface area contributed by atoms with Crippen molar-refractivity contribution in [1.82, 2.24) is 15.5 Å². The number of benzene rings is 4. The maximum absolute atomic E-state index is 14.2. The molecule has 0 saturated carbocycles. The lowest BCUT2D eigenvalue weighted by molar-refractivity contribution is -1.03. The fourth-order valence-electron chi connectivity index (χ4n) is 6.42. The van der Waals surface area contributed by atoms with Gasteiger partial charge in [-0.2, -0.15) is 13.2 Å². The van der Waals surface area contributed by atoms with Gasteiger partial charge in [0.25, 0.3) is 11.8 Å². The first-order valence-electron chi connectivity index (χ1n) is 18.1. The van der Waals surface area contributed by atoms with Crippen molar-refractivity contribution in [1.29, 1.82) is 0 Å². The molecule has 5 rings (SSSR count). The summed E-state index contributed by atoms with van der Waals surface area (Å²) >= 11 is 0. The number of nitrogens with one attached hydrogen (secondary N) is 2. The first-order valence-corrected chi connectivity index (χ1v) is 18.1. The van der Waals surface area contributed by atoms with Gasteiger partial charge in [0.05, 0.1) is 13.1 Å². The molecule has 4 amide bonds. The summed E-state index contributed by atoms with van der Waals surface area (Å²) in [5.74, 6) is -5.84. The van der Waals surface area contributed by atoms with Gasteiger partial charge in [-0.3, -0.25) is 24.0 Å². The Morgan fingerprint density at radius 1 is 0.661 bits per heavy atom. The molecule has 0 aromatic heterocycles. The molecule has 0 spiro atoms. The minimum atomic E-state index is -5.43. The van der Waals surface area contributed by atoms with Crippen molar-refractivity contribution in [3.8, 4) is 0 Å².